The first-order chi connectivity index (χ1) is 16.4. The number of hydrogen-bond donors (Lipinski definition) is 1. The van der Waals surface area contributed by atoms with E-state index in [-0.39, 0.29) is 6.03 Å². The number of amides is 2. The van der Waals surface area contributed by atoms with Gasteiger partial charge in [0, 0.05) is 21.3 Å². The average molecular weight is 491 g/mol. The van der Waals surface area contributed by atoms with Crippen molar-refractivity contribution in [3.63, 3.8) is 0 Å². The Morgan fingerprint density at radius 3 is 2.35 bits per heavy atom. The van der Waals surface area contributed by atoms with Crippen LogP contribution in [0.2, 0.25) is 10.0 Å². The fourth-order valence-electron chi connectivity index (χ4n) is 4.04. The maximum atomic E-state index is 13.3. The van der Waals surface area contributed by atoms with Crippen molar-refractivity contribution in [1.29, 1.82) is 0 Å². The van der Waals surface area contributed by atoms with E-state index in [1.807, 2.05) is 68.4 Å². The summed E-state index contributed by atoms with van der Waals surface area (Å²) in [4.78, 5) is 19.5. The van der Waals surface area contributed by atoms with Gasteiger partial charge in [-0.25, -0.2) is 4.79 Å². The zero-order valence-electron chi connectivity index (χ0n) is 18.4. The Balaban J connectivity index is 1.66. The molecular formula is C26H20Cl2N4O2. The fraction of sp³-hybridized carbons (Fsp3) is 0.115. The van der Waals surface area contributed by atoms with Gasteiger partial charge in [0.1, 0.15) is 0 Å². The molecule has 1 atom stereocenters. The van der Waals surface area contributed by atoms with Crippen molar-refractivity contribution in [2.75, 3.05) is 4.90 Å². The molecule has 0 bridgehead atoms. The minimum absolute atomic E-state index is 0.260. The first-order valence-electron chi connectivity index (χ1n) is 10.6. The highest BCUT2D eigenvalue weighted by Crippen LogP contribution is 2.39. The summed E-state index contributed by atoms with van der Waals surface area (Å²) in [5.74, 6) is 0.705. The third kappa shape index (κ3) is 4.18. The molecule has 1 aliphatic heterocycles. The van der Waals surface area contributed by atoms with Crippen LogP contribution in [-0.2, 0) is 0 Å². The highest BCUT2D eigenvalue weighted by atomic mass is 35.5. The molecule has 1 aliphatic rings. The van der Waals surface area contributed by atoms with E-state index in [9.17, 15) is 4.79 Å². The molecule has 1 aromatic heterocycles. The molecule has 1 N–H and O–H groups in total. The lowest BCUT2D eigenvalue weighted by molar-refractivity contribution is 0.244. The second-order valence-electron chi connectivity index (χ2n) is 8.04. The fourth-order valence-corrected chi connectivity index (χ4v) is 4.43. The lowest BCUT2D eigenvalue weighted by Crippen LogP contribution is -2.46. The number of aryl methyl sites for hydroxylation is 1. The molecule has 170 valence electrons. The molecule has 0 fully saturated rings. The van der Waals surface area contributed by atoms with Gasteiger partial charge in [-0.2, -0.15) is 4.98 Å². The van der Waals surface area contributed by atoms with Crippen molar-refractivity contribution in [3.8, 4) is 11.4 Å². The summed E-state index contributed by atoms with van der Waals surface area (Å²) in [6.07, 6.45) is 0. The van der Waals surface area contributed by atoms with Crippen molar-refractivity contribution < 1.29 is 9.32 Å². The Bertz CT molecular complexity index is 1410. The number of benzene rings is 3. The van der Waals surface area contributed by atoms with Gasteiger partial charge in [-0.3, -0.25) is 4.90 Å². The van der Waals surface area contributed by atoms with Crippen LogP contribution in [0.25, 0.3) is 17.0 Å². The molecule has 0 radical (unpaired) electrons. The minimum atomic E-state index is -0.527. The van der Waals surface area contributed by atoms with Crippen LogP contribution in [-0.4, -0.2) is 16.2 Å². The minimum Gasteiger partial charge on any atom is -0.334 e. The number of nitrogens with one attached hydrogen (secondary N) is 1. The van der Waals surface area contributed by atoms with Gasteiger partial charge in [-0.05, 0) is 55.8 Å². The van der Waals surface area contributed by atoms with Crippen molar-refractivity contribution >= 4 is 40.5 Å². The van der Waals surface area contributed by atoms with Gasteiger partial charge in [0.25, 0.3) is 5.89 Å². The zero-order chi connectivity index (χ0) is 23.8. The second-order valence-corrected chi connectivity index (χ2v) is 8.91. The van der Waals surface area contributed by atoms with Crippen LogP contribution >= 0.6 is 23.2 Å². The Morgan fingerprint density at radius 2 is 1.65 bits per heavy atom. The normalized spacial score (nSPS) is 16.1. The third-order valence-electron chi connectivity index (χ3n) is 5.70. The maximum Gasteiger partial charge on any atom is 0.326 e. The van der Waals surface area contributed by atoms with E-state index < -0.39 is 6.04 Å². The van der Waals surface area contributed by atoms with E-state index in [2.05, 4.69) is 15.5 Å². The van der Waals surface area contributed by atoms with Gasteiger partial charge in [0.15, 0.2) is 0 Å². The number of carbonyl (C=O) groups excluding carboxylic acids is 1. The molecule has 0 saturated heterocycles. The lowest BCUT2D eigenvalue weighted by atomic mass is 9.94. The van der Waals surface area contributed by atoms with Crippen molar-refractivity contribution in [2.45, 2.75) is 19.9 Å². The van der Waals surface area contributed by atoms with E-state index in [1.165, 1.54) is 0 Å². The number of urea groups is 1. The molecule has 4 aromatic rings. The molecule has 6 nitrogen and oxygen atoms in total. The van der Waals surface area contributed by atoms with Crippen LogP contribution in [0.4, 0.5) is 10.5 Å². The Morgan fingerprint density at radius 1 is 0.941 bits per heavy atom. The number of halogens is 2. The molecule has 0 saturated carbocycles. The standard InChI is InChI=1S/C26H20Cl2N4O2/c1-15-9-11-21(12-10-15)32-16(2)22(23(29-26(32)33)17-5-3-7-19(27)13-17)25-30-24(31-34-25)18-6-4-8-20(28)14-18/h3-14,23H,1-2H3,(H,29,33). The molecular weight excluding hydrogens is 471 g/mol. The van der Waals surface area contributed by atoms with Crippen LogP contribution in [0.5, 0.6) is 0 Å². The van der Waals surface area contributed by atoms with Gasteiger partial charge in [0.05, 0.1) is 17.3 Å². The third-order valence-corrected chi connectivity index (χ3v) is 6.17. The Kier molecular flexibility index (Phi) is 5.86. The largest absolute Gasteiger partial charge is 0.334 e. The summed E-state index contributed by atoms with van der Waals surface area (Å²) in [7, 11) is 0. The summed E-state index contributed by atoms with van der Waals surface area (Å²) in [5, 5.41) is 8.40. The number of rotatable bonds is 4. The molecule has 2 heterocycles. The molecule has 8 heteroatoms. The lowest BCUT2D eigenvalue weighted by Gasteiger charge is -2.35. The predicted molar refractivity (Wildman–Crippen MR) is 134 cm³/mol. The van der Waals surface area contributed by atoms with Gasteiger partial charge >= 0.3 is 6.03 Å². The van der Waals surface area contributed by atoms with Crippen LogP contribution < -0.4 is 10.2 Å². The molecule has 0 aliphatic carbocycles. The van der Waals surface area contributed by atoms with E-state index in [0.29, 0.717) is 33.0 Å². The summed E-state index contributed by atoms with van der Waals surface area (Å²) in [6.45, 7) is 3.87. The van der Waals surface area contributed by atoms with E-state index in [0.717, 1.165) is 22.4 Å². The van der Waals surface area contributed by atoms with Gasteiger partial charge in [0.2, 0.25) is 5.82 Å². The zero-order valence-corrected chi connectivity index (χ0v) is 19.9. The smallest absolute Gasteiger partial charge is 0.326 e. The average Bonchev–Trinajstić information content (AvgIpc) is 3.30. The van der Waals surface area contributed by atoms with Crippen molar-refractivity contribution in [1.82, 2.24) is 15.5 Å². The Labute approximate surface area is 206 Å². The quantitative estimate of drug-likeness (QED) is 0.332. The van der Waals surface area contributed by atoms with E-state index in [4.69, 9.17) is 27.7 Å². The molecule has 2 amide bonds. The molecule has 3 aromatic carbocycles. The molecule has 5 rings (SSSR count). The van der Waals surface area contributed by atoms with Gasteiger partial charge in [-0.15, -0.1) is 0 Å². The van der Waals surface area contributed by atoms with Crippen LogP contribution in [0.15, 0.2) is 83.0 Å². The highest BCUT2D eigenvalue weighted by Gasteiger charge is 2.36. The topological polar surface area (TPSA) is 71.3 Å². The maximum absolute atomic E-state index is 13.3. The van der Waals surface area contributed by atoms with Crippen LogP contribution in [0, 0.1) is 6.92 Å². The number of carbonyl (C=O) groups is 1. The SMILES string of the molecule is CC1=C(c2nc(-c3cccc(Cl)c3)no2)C(c2cccc(Cl)c2)NC(=O)N1c1ccc(C)cc1. The number of allylic oxidation sites excluding steroid dienone is 1. The first-order valence-corrected chi connectivity index (χ1v) is 11.4. The highest BCUT2D eigenvalue weighted by molar-refractivity contribution is 6.31. The predicted octanol–water partition coefficient (Wildman–Crippen LogP) is 7.05. The summed E-state index contributed by atoms with van der Waals surface area (Å²) < 4.78 is 5.72. The second kappa shape index (κ2) is 8.97. The number of anilines is 1. The summed E-state index contributed by atoms with van der Waals surface area (Å²) >= 11 is 12.4. The van der Waals surface area contributed by atoms with Crippen LogP contribution in [0.1, 0.15) is 30.0 Å². The number of nitrogens with zero attached hydrogens (tertiary/aromatic N) is 3. The summed E-state index contributed by atoms with van der Waals surface area (Å²) in [6, 6.07) is 21.5. The monoisotopic (exact) mass is 490 g/mol. The molecule has 34 heavy (non-hydrogen) atoms. The summed E-state index contributed by atoms with van der Waals surface area (Å²) in [5.41, 5.74) is 4.73. The van der Waals surface area contributed by atoms with Crippen LogP contribution in [0.3, 0.4) is 0 Å². The van der Waals surface area contributed by atoms with Gasteiger partial charge < -0.3 is 9.84 Å². The number of hydrogen-bond acceptors (Lipinski definition) is 4. The van der Waals surface area contributed by atoms with Crippen molar-refractivity contribution in [2.24, 2.45) is 0 Å². The molecule has 1 unspecified atom stereocenters. The van der Waals surface area contributed by atoms with E-state index in [1.54, 1.807) is 23.1 Å². The Hall–Kier alpha value is -3.61. The first kappa shape index (κ1) is 22.2. The number of aromatic nitrogens is 2. The van der Waals surface area contributed by atoms with Gasteiger partial charge in [-0.1, -0.05) is 70.3 Å². The van der Waals surface area contributed by atoms with Crippen molar-refractivity contribution in [3.05, 3.63) is 106 Å². The molecule has 0 spiro atoms. The van der Waals surface area contributed by atoms with E-state index >= 15 is 0 Å².